The van der Waals surface area contributed by atoms with Crippen LogP contribution >= 0.6 is 0 Å². The zero-order valence-electron chi connectivity index (χ0n) is 7.31. The van der Waals surface area contributed by atoms with E-state index in [9.17, 15) is 0 Å². The Labute approximate surface area is 71.7 Å². The number of aliphatic imine (C=N–C) groups is 3. The molecule has 0 aliphatic carbocycles. The average Bonchev–Trinajstić information content (AvgIpc) is 2.48. The molecule has 0 amide bonds. The Hall–Kier alpha value is -1.19. The van der Waals surface area contributed by atoms with E-state index < -0.39 is 0 Å². The van der Waals surface area contributed by atoms with Crippen molar-refractivity contribution >= 4 is 18.4 Å². The fourth-order valence-electron chi connectivity index (χ4n) is 1.54. The molecule has 0 saturated carbocycles. The molecule has 2 heterocycles. The maximum atomic E-state index is 4.35. The summed E-state index contributed by atoms with van der Waals surface area (Å²) in [4.78, 5) is 14.8. The minimum atomic E-state index is 0.164. The molecule has 0 fully saturated rings. The molecule has 2 atom stereocenters. The van der Waals surface area contributed by atoms with Crippen LogP contribution in [0.1, 0.15) is 13.3 Å². The van der Waals surface area contributed by atoms with Gasteiger partial charge in [-0.3, -0.25) is 4.99 Å². The first kappa shape index (κ1) is 7.46. The molecular formula is C8H12N4. The number of hydrogen-bond acceptors (Lipinski definition) is 4. The predicted molar refractivity (Wildman–Crippen MR) is 50.0 cm³/mol. The lowest BCUT2D eigenvalue weighted by molar-refractivity contribution is 0.400. The van der Waals surface area contributed by atoms with Crippen LogP contribution in [0.2, 0.25) is 0 Å². The molecule has 0 aromatic carbocycles. The first-order chi connectivity index (χ1) is 5.83. The van der Waals surface area contributed by atoms with Crippen molar-refractivity contribution in [1.29, 1.82) is 0 Å². The van der Waals surface area contributed by atoms with Gasteiger partial charge in [0.25, 0.3) is 0 Å². The van der Waals surface area contributed by atoms with Crippen molar-refractivity contribution in [2.75, 3.05) is 7.05 Å². The molecule has 2 unspecified atom stereocenters. The molecule has 12 heavy (non-hydrogen) atoms. The van der Waals surface area contributed by atoms with E-state index >= 15 is 0 Å². The van der Waals surface area contributed by atoms with Crippen molar-refractivity contribution in [3.05, 3.63) is 0 Å². The van der Waals surface area contributed by atoms with Gasteiger partial charge in [0.15, 0.2) is 6.17 Å². The molecule has 2 rings (SSSR count). The van der Waals surface area contributed by atoms with E-state index in [2.05, 4.69) is 21.9 Å². The Balaban J connectivity index is 2.26. The van der Waals surface area contributed by atoms with Gasteiger partial charge in [0.1, 0.15) is 12.4 Å². The van der Waals surface area contributed by atoms with E-state index in [0.717, 1.165) is 12.1 Å². The van der Waals surface area contributed by atoms with Gasteiger partial charge in [-0.1, -0.05) is 6.92 Å². The lowest BCUT2D eigenvalue weighted by Crippen LogP contribution is -2.38. The number of fused-ring (bicyclic) bond motifs is 1. The molecule has 0 saturated heterocycles. The largest absolute Gasteiger partial charge is 0.342 e. The van der Waals surface area contributed by atoms with Gasteiger partial charge in [-0.25, -0.2) is 9.98 Å². The number of hydrogen-bond donors (Lipinski definition) is 0. The molecule has 0 bridgehead atoms. The van der Waals surface area contributed by atoms with E-state index in [1.807, 2.05) is 18.3 Å². The van der Waals surface area contributed by atoms with E-state index in [1.54, 1.807) is 6.34 Å². The highest BCUT2D eigenvalue weighted by Gasteiger charge is 2.32. The Bertz CT molecular complexity index is 266. The highest BCUT2D eigenvalue weighted by Crippen LogP contribution is 2.18. The lowest BCUT2D eigenvalue weighted by Gasteiger charge is -2.23. The first-order valence-electron chi connectivity index (χ1n) is 4.16. The third-order valence-corrected chi connectivity index (χ3v) is 2.26. The van der Waals surface area contributed by atoms with Gasteiger partial charge < -0.3 is 4.90 Å². The molecule has 0 aromatic heterocycles. The molecule has 0 spiro atoms. The van der Waals surface area contributed by atoms with Gasteiger partial charge in [-0.15, -0.1) is 0 Å². The van der Waals surface area contributed by atoms with Crippen molar-refractivity contribution in [2.45, 2.75) is 25.6 Å². The highest BCUT2D eigenvalue weighted by atomic mass is 15.3. The minimum Gasteiger partial charge on any atom is -0.342 e. The third-order valence-electron chi connectivity index (χ3n) is 2.26. The van der Waals surface area contributed by atoms with Crippen molar-refractivity contribution in [3.63, 3.8) is 0 Å². The normalized spacial score (nSPS) is 32.2. The Morgan fingerprint density at radius 2 is 2.33 bits per heavy atom. The highest BCUT2D eigenvalue weighted by molar-refractivity contribution is 5.98. The number of nitrogens with zero attached hydrogens (tertiary/aromatic N) is 4. The van der Waals surface area contributed by atoms with Gasteiger partial charge >= 0.3 is 0 Å². The first-order valence-corrected chi connectivity index (χ1v) is 4.16. The zero-order chi connectivity index (χ0) is 8.55. The van der Waals surface area contributed by atoms with Crippen LogP contribution < -0.4 is 0 Å². The summed E-state index contributed by atoms with van der Waals surface area (Å²) in [6.07, 6.45) is 4.60. The van der Waals surface area contributed by atoms with Crippen LogP contribution in [0.4, 0.5) is 0 Å². The molecule has 4 heteroatoms. The SMILES string of the molecule is CCC1=NC=NC2C1N=CN2C. The van der Waals surface area contributed by atoms with Gasteiger partial charge in [0, 0.05) is 12.8 Å². The van der Waals surface area contributed by atoms with E-state index in [-0.39, 0.29) is 12.2 Å². The van der Waals surface area contributed by atoms with Crippen molar-refractivity contribution in [2.24, 2.45) is 15.0 Å². The lowest BCUT2D eigenvalue weighted by atomic mass is 10.1. The van der Waals surface area contributed by atoms with Crippen LogP contribution in [0, 0.1) is 0 Å². The summed E-state index contributed by atoms with van der Waals surface area (Å²) in [5.74, 6) is 0. The summed E-state index contributed by atoms with van der Waals surface area (Å²) in [6.45, 7) is 2.10. The fraction of sp³-hybridized carbons (Fsp3) is 0.625. The van der Waals surface area contributed by atoms with Crippen molar-refractivity contribution < 1.29 is 0 Å². The van der Waals surface area contributed by atoms with Crippen LogP contribution in [-0.4, -0.2) is 42.5 Å². The molecule has 2 aliphatic heterocycles. The second-order valence-corrected chi connectivity index (χ2v) is 3.03. The zero-order valence-corrected chi connectivity index (χ0v) is 7.31. The maximum absolute atomic E-state index is 4.35. The quantitative estimate of drug-likeness (QED) is 0.558. The Kier molecular flexibility index (Phi) is 1.67. The molecule has 2 aliphatic rings. The Morgan fingerprint density at radius 1 is 1.50 bits per heavy atom. The predicted octanol–water partition coefficient (Wildman–Crippen LogP) is 0.548. The minimum absolute atomic E-state index is 0.164. The number of rotatable bonds is 1. The molecule has 0 N–H and O–H groups in total. The van der Waals surface area contributed by atoms with Crippen LogP contribution in [0.3, 0.4) is 0 Å². The summed E-state index contributed by atoms with van der Waals surface area (Å²) < 4.78 is 0. The van der Waals surface area contributed by atoms with Crippen molar-refractivity contribution in [3.8, 4) is 0 Å². The fourth-order valence-corrected chi connectivity index (χ4v) is 1.54. The van der Waals surface area contributed by atoms with Gasteiger partial charge in [0.05, 0.1) is 6.34 Å². The smallest absolute Gasteiger partial charge is 0.151 e. The van der Waals surface area contributed by atoms with Crippen LogP contribution in [0.15, 0.2) is 15.0 Å². The van der Waals surface area contributed by atoms with Gasteiger partial charge in [-0.2, -0.15) is 0 Å². The molecule has 0 radical (unpaired) electrons. The Morgan fingerprint density at radius 3 is 3.08 bits per heavy atom. The summed E-state index contributed by atoms with van der Waals surface area (Å²) in [5.41, 5.74) is 1.13. The second-order valence-electron chi connectivity index (χ2n) is 3.03. The van der Waals surface area contributed by atoms with Crippen LogP contribution in [0.25, 0.3) is 0 Å². The molecule has 0 aromatic rings. The van der Waals surface area contributed by atoms with Gasteiger partial charge in [-0.05, 0) is 6.42 Å². The van der Waals surface area contributed by atoms with Crippen molar-refractivity contribution in [1.82, 2.24) is 4.90 Å². The standard InChI is InChI=1S/C8H12N4/c1-3-6-7-8(10-4-9-6)12(2)5-11-7/h4-5,7-8H,3H2,1-2H3. The summed E-state index contributed by atoms with van der Waals surface area (Å²) in [7, 11) is 1.99. The molecule has 4 nitrogen and oxygen atoms in total. The maximum Gasteiger partial charge on any atom is 0.151 e. The van der Waals surface area contributed by atoms with Gasteiger partial charge in [0.2, 0.25) is 0 Å². The van der Waals surface area contributed by atoms with E-state index in [1.165, 1.54) is 0 Å². The summed E-state index contributed by atoms with van der Waals surface area (Å²) >= 11 is 0. The van der Waals surface area contributed by atoms with Crippen LogP contribution in [-0.2, 0) is 0 Å². The monoisotopic (exact) mass is 164 g/mol. The summed E-state index contributed by atoms with van der Waals surface area (Å²) in [5, 5.41) is 0. The summed E-state index contributed by atoms with van der Waals surface area (Å²) in [6, 6.07) is 0.171. The topological polar surface area (TPSA) is 40.3 Å². The van der Waals surface area contributed by atoms with E-state index in [4.69, 9.17) is 0 Å². The molecular weight excluding hydrogens is 152 g/mol. The number of likely N-dealkylation sites (N-methyl/N-ethyl adjacent to an activating group) is 1. The second kappa shape index (κ2) is 2.69. The van der Waals surface area contributed by atoms with Crippen LogP contribution in [0.5, 0.6) is 0 Å². The molecule has 64 valence electrons. The average molecular weight is 164 g/mol. The third kappa shape index (κ3) is 0.948. The van der Waals surface area contributed by atoms with E-state index in [0.29, 0.717) is 0 Å².